The van der Waals surface area contributed by atoms with Gasteiger partial charge in [0.05, 0.1) is 16.8 Å². The van der Waals surface area contributed by atoms with E-state index in [1.54, 1.807) is 6.20 Å². The van der Waals surface area contributed by atoms with Crippen LogP contribution in [0.2, 0.25) is 0 Å². The van der Waals surface area contributed by atoms with Crippen molar-refractivity contribution in [1.82, 2.24) is 24.2 Å². The Kier molecular flexibility index (Phi) is 4.44. The summed E-state index contributed by atoms with van der Waals surface area (Å²) in [4.78, 5) is 26.1. The van der Waals surface area contributed by atoms with Crippen LogP contribution in [0.5, 0.6) is 0 Å². The number of imide groups is 1. The first-order chi connectivity index (χ1) is 16.3. The summed E-state index contributed by atoms with van der Waals surface area (Å²) >= 11 is 3.52. The third-order valence-corrected chi connectivity index (χ3v) is 7.02. The van der Waals surface area contributed by atoms with Crippen molar-refractivity contribution >= 4 is 60.7 Å². The fourth-order valence-corrected chi connectivity index (χ4v) is 5.27. The number of hydrogen-bond acceptors (Lipinski definition) is 3. The van der Waals surface area contributed by atoms with Gasteiger partial charge in [-0.1, -0.05) is 34.1 Å². The van der Waals surface area contributed by atoms with Crippen LogP contribution in [-0.4, -0.2) is 30.7 Å². The van der Waals surface area contributed by atoms with E-state index in [0.29, 0.717) is 11.1 Å². The second-order valence-corrected chi connectivity index (χ2v) is 9.49. The zero-order valence-corrected chi connectivity index (χ0v) is 20.3. The zero-order valence-electron chi connectivity index (χ0n) is 18.8. The Hall–Kier alpha value is -3.91. The highest BCUT2D eigenvalue weighted by molar-refractivity contribution is 9.10. The Morgan fingerprint density at radius 2 is 1.38 bits per heavy atom. The Balaban J connectivity index is 1.61. The van der Waals surface area contributed by atoms with Crippen LogP contribution < -0.4 is 5.32 Å². The van der Waals surface area contributed by atoms with Crippen LogP contribution in [0.25, 0.3) is 44.2 Å². The molecule has 3 aromatic heterocycles. The lowest BCUT2D eigenvalue weighted by Gasteiger charge is -2.05. The molecule has 0 bridgehead atoms. The monoisotopic (exact) mass is 513 g/mol. The van der Waals surface area contributed by atoms with E-state index >= 15 is 0 Å². The number of carbonyl (C=O) groups is 2. The fraction of sp³-hybridized carbons (Fsp3) is 0.115. The highest BCUT2D eigenvalue weighted by Crippen LogP contribution is 2.39. The average molecular weight is 514 g/mol. The molecule has 1 N–H and O–H groups in total. The molecule has 0 atom stereocenters. The molecule has 5 aromatic rings. The maximum Gasteiger partial charge on any atom is 0.259 e. The van der Waals surface area contributed by atoms with Crippen LogP contribution in [0, 0.1) is 0 Å². The van der Waals surface area contributed by atoms with Gasteiger partial charge in [-0.3, -0.25) is 19.6 Å². The Bertz CT molecular complexity index is 1720. The Morgan fingerprint density at radius 1 is 0.794 bits per heavy atom. The van der Waals surface area contributed by atoms with E-state index in [1.807, 2.05) is 83.8 Å². The maximum atomic E-state index is 13.1. The van der Waals surface area contributed by atoms with Crippen LogP contribution in [-0.2, 0) is 30.7 Å². The molecular formula is C26H20BrN5O2. The minimum atomic E-state index is -0.377. The molecular weight excluding hydrogens is 494 g/mol. The number of benzene rings is 2. The van der Waals surface area contributed by atoms with E-state index < -0.39 is 0 Å². The van der Waals surface area contributed by atoms with E-state index in [0.717, 1.165) is 48.7 Å². The largest absolute Gasteiger partial charge is 0.350 e. The number of halogens is 1. The van der Waals surface area contributed by atoms with E-state index in [9.17, 15) is 9.59 Å². The molecule has 2 amide bonds. The third-order valence-electron chi connectivity index (χ3n) is 6.53. The quantitative estimate of drug-likeness (QED) is 0.363. The SMILES string of the molecule is Cn1nccc1-c1ccc2c(C3=C(c4cn(C)c5cc(Br)ccc45)C(=O)NC3=O)cn(C)c2c1. The van der Waals surface area contributed by atoms with E-state index in [2.05, 4.69) is 32.4 Å². The topological polar surface area (TPSA) is 73.8 Å². The first-order valence-corrected chi connectivity index (χ1v) is 11.6. The lowest BCUT2D eigenvalue weighted by Crippen LogP contribution is -2.22. The molecule has 0 aliphatic carbocycles. The van der Waals surface area contributed by atoms with Gasteiger partial charge in [-0.25, -0.2) is 0 Å². The molecule has 2 aromatic carbocycles. The first-order valence-electron chi connectivity index (χ1n) is 10.8. The number of aryl methyl sites for hydroxylation is 3. The van der Waals surface area contributed by atoms with Crippen LogP contribution in [0.3, 0.4) is 0 Å². The van der Waals surface area contributed by atoms with Gasteiger partial charge in [0.1, 0.15) is 0 Å². The second-order valence-electron chi connectivity index (χ2n) is 8.57. The molecule has 1 aliphatic heterocycles. The van der Waals surface area contributed by atoms with Crippen LogP contribution in [0.1, 0.15) is 11.1 Å². The molecule has 8 heteroatoms. The minimum absolute atomic E-state index is 0.376. The van der Waals surface area contributed by atoms with Gasteiger partial charge in [0.25, 0.3) is 11.8 Å². The van der Waals surface area contributed by atoms with Gasteiger partial charge in [0.15, 0.2) is 0 Å². The zero-order chi connectivity index (χ0) is 23.7. The number of aromatic nitrogens is 4. The number of hydrogen-bond donors (Lipinski definition) is 1. The second kappa shape index (κ2) is 7.30. The number of nitrogens with zero attached hydrogens (tertiary/aromatic N) is 4. The van der Waals surface area contributed by atoms with Crippen molar-refractivity contribution in [2.45, 2.75) is 0 Å². The van der Waals surface area contributed by atoms with E-state index in [1.165, 1.54) is 0 Å². The van der Waals surface area contributed by atoms with Crippen molar-refractivity contribution in [2.24, 2.45) is 21.1 Å². The number of rotatable bonds is 3. The van der Waals surface area contributed by atoms with Gasteiger partial charge in [-0.15, -0.1) is 0 Å². The van der Waals surface area contributed by atoms with Gasteiger partial charge in [-0.05, 0) is 24.3 Å². The standard InChI is InChI=1S/C26H20BrN5O2/c1-30-12-18(16-6-4-14(10-21(16)30)20-8-9-28-32(20)3)23-24(26(34)29-25(23)33)19-13-31(2)22-11-15(27)5-7-17(19)22/h4-13H,1-3H3,(H,29,33,34). The molecule has 0 fully saturated rings. The highest BCUT2D eigenvalue weighted by Gasteiger charge is 2.35. The molecule has 0 radical (unpaired) electrons. The summed E-state index contributed by atoms with van der Waals surface area (Å²) in [6.07, 6.45) is 5.60. The number of nitrogens with one attached hydrogen (secondary N) is 1. The van der Waals surface area contributed by atoms with Crippen LogP contribution >= 0.6 is 15.9 Å². The van der Waals surface area contributed by atoms with Gasteiger partial charge < -0.3 is 9.13 Å². The number of carbonyl (C=O) groups excluding carboxylic acids is 2. The van der Waals surface area contributed by atoms with Crippen LogP contribution in [0.15, 0.2) is 65.5 Å². The predicted octanol–water partition coefficient (Wildman–Crippen LogP) is 4.40. The summed E-state index contributed by atoms with van der Waals surface area (Å²) < 4.78 is 6.74. The van der Waals surface area contributed by atoms with Gasteiger partial charge in [0, 0.05) is 82.7 Å². The van der Waals surface area contributed by atoms with Crippen molar-refractivity contribution in [3.05, 3.63) is 76.7 Å². The molecule has 0 saturated heterocycles. The summed E-state index contributed by atoms with van der Waals surface area (Å²) in [5, 5.41) is 8.62. The van der Waals surface area contributed by atoms with Crippen molar-refractivity contribution in [2.75, 3.05) is 0 Å². The highest BCUT2D eigenvalue weighted by atomic mass is 79.9. The molecule has 0 saturated carbocycles. The summed E-state index contributed by atoms with van der Waals surface area (Å²) in [5.74, 6) is -0.753. The third kappa shape index (κ3) is 2.92. The Labute approximate surface area is 203 Å². The molecule has 168 valence electrons. The molecule has 34 heavy (non-hydrogen) atoms. The molecule has 1 aliphatic rings. The maximum absolute atomic E-state index is 13.1. The van der Waals surface area contributed by atoms with Crippen LogP contribution in [0.4, 0.5) is 0 Å². The summed E-state index contributed by atoms with van der Waals surface area (Å²) in [7, 11) is 5.79. The molecule has 7 nitrogen and oxygen atoms in total. The fourth-order valence-electron chi connectivity index (χ4n) is 4.93. The average Bonchev–Trinajstić information content (AvgIpc) is 3.53. The summed E-state index contributed by atoms with van der Waals surface area (Å²) in [5.41, 5.74) is 6.26. The lowest BCUT2D eigenvalue weighted by atomic mass is 9.95. The normalized spacial score (nSPS) is 14.1. The first kappa shape index (κ1) is 20.7. The number of amides is 2. The van der Waals surface area contributed by atoms with Crippen molar-refractivity contribution in [1.29, 1.82) is 0 Å². The molecule has 0 spiro atoms. The smallest absolute Gasteiger partial charge is 0.259 e. The van der Waals surface area contributed by atoms with Crippen molar-refractivity contribution in [3.8, 4) is 11.3 Å². The minimum Gasteiger partial charge on any atom is -0.350 e. The van der Waals surface area contributed by atoms with E-state index in [4.69, 9.17) is 0 Å². The molecule has 4 heterocycles. The Morgan fingerprint density at radius 3 is 1.97 bits per heavy atom. The summed E-state index contributed by atoms with van der Waals surface area (Å²) in [6, 6.07) is 14.0. The lowest BCUT2D eigenvalue weighted by molar-refractivity contribution is -0.122. The van der Waals surface area contributed by atoms with Crippen molar-refractivity contribution < 1.29 is 9.59 Å². The summed E-state index contributed by atoms with van der Waals surface area (Å²) in [6.45, 7) is 0. The van der Waals surface area contributed by atoms with Crippen molar-refractivity contribution in [3.63, 3.8) is 0 Å². The predicted molar refractivity (Wildman–Crippen MR) is 136 cm³/mol. The molecule has 6 rings (SSSR count). The van der Waals surface area contributed by atoms with E-state index in [-0.39, 0.29) is 11.8 Å². The molecule has 0 unspecified atom stereocenters. The van der Waals surface area contributed by atoms with Gasteiger partial charge >= 0.3 is 0 Å². The van der Waals surface area contributed by atoms with Gasteiger partial charge in [0.2, 0.25) is 0 Å². The van der Waals surface area contributed by atoms with Gasteiger partial charge in [-0.2, -0.15) is 5.10 Å². The number of fused-ring (bicyclic) bond motifs is 2.